The van der Waals surface area contributed by atoms with Gasteiger partial charge in [-0.25, -0.2) is 4.68 Å². The van der Waals surface area contributed by atoms with Crippen LogP contribution in [0, 0.1) is 5.92 Å². The van der Waals surface area contributed by atoms with E-state index in [9.17, 15) is 4.79 Å². The van der Waals surface area contributed by atoms with Crippen LogP contribution >= 0.6 is 0 Å². The standard InChI is InChI=1S/C27H36N6O3/c1-17(2)25(26-29-30-31-33(26)21-9-5-6-10-21)32(20-7-3-4-8-20)16-19-13-18-14-23-24(36-12-11-35-23)15-22(18)28-27(19)34/h13-15,17,20-21,25H,3-12,16H2,1-2H3,(H,28,34)/t25-/m1/s1. The molecule has 2 aromatic heterocycles. The summed E-state index contributed by atoms with van der Waals surface area (Å²) in [4.78, 5) is 18.9. The highest BCUT2D eigenvalue weighted by Gasteiger charge is 2.37. The van der Waals surface area contributed by atoms with Crippen molar-refractivity contribution in [3.05, 3.63) is 39.9 Å². The Morgan fingerprint density at radius 2 is 1.72 bits per heavy atom. The van der Waals surface area contributed by atoms with Crippen molar-refractivity contribution in [2.75, 3.05) is 13.2 Å². The highest BCUT2D eigenvalue weighted by atomic mass is 16.6. The number of hydrogen-bond acceptors (Lipinski definition) is 7. The van der Waals surface area contributed by atoms with Crippen LogP contribution in [0.5, 0.6) is 11.5 Å². The zero-order chi connectivity index (χ0) is 24.6. The summed E-state index contributed by atoms with van der Waals surface area (Å²) >= 11 is 0. The van der Waals surface area contributed by atoms with Crippen LogP contribution in [-0.2, 0) is 6.54 Å². The summed E-state index contributed by atoms with van der Waals surface area (Å²) in [6.45, 7) is 6.11. The van der Waals surface area contributed by atoms with Crippen molar-refractivity contribution in [1.29, 1.82) is 0 Å². The van der Waals surface area contributed by atoms with Crippen LogP contribution < -0.4 is 15.0 Å². The molecule has 1 aromatic carbocycles. The second kappa shape index (κ2) is 9.84. The maximum Gasteiger partial charge on any atom is 0.252 e. The fourth-order valence-corrected chi connectivity index (χ4v) is 6.43. The van der Waals surface area contributed by atoms with Gasteiger partial charge in [0.15, 0.2) is 17.3 Å². The number of rotatable bonds is 7. The Morgan fingerprint density at radius 3 is 2.44 bits per heavy atom. The van der Waals surface area contributed by atoms with Crippen LogP contribution in [0.25, 0.3) is 10.9 Å². The number of nitrogens with one attached hydrogen (secondary N) is 1. The number of fused-ring (bicyclic) bond motifs is 2. The minimum atomic E-state index is -0.0555. The van der Waals surface area contributed by atoms with E-state index >= 15 is 0 Å². The first-order valence-electron chi connectivity index (χ1n) is 13.6. The number of nitrogens with zero attached hydrogens (tertiary/aromatic N) is 5. The van der Waals surface area contributed by atoms with E-state index in [4.69, 9.17) is 9.47 Å². The molecule has 6 rings (SSSR count). The molecule has 3 aromatic rings. The molecule has 192 valence electrons. The van der Waals surface area contributed by atoms with Gasteiger partial charge < -0.3 is 14.5 Å². The Morgan fingerprint density at radius 1 is 1.03 bits per heavy atom. The van der Waals surface area contributed by atoms with Crippen molar-refractivity contribution in [3.8, 4) is 11.5 Å². The third-order valence-electron chi connectivity index (χ3n) is 8.17. The van der Waals surface area contributed by atoms with Gasteiger partial charge in [0.25, 0.3) is 5.56 Å². The topological polar surface area (TPSA) is 98.2 Å². The van der Waals surface area contributed by atoms with Gasteiger partial charge >= 0.3 is 0 Å². The number of pyridine rings is 1. The molecule has 0 bridgehead atoms. The summed E-state index contributed by atoms with van der Waals surface area (Å²) < 4.78 is 13.6. The monoisotopic (exact) mass is 492 g/mol. The van der Waals surface area contributed by atoms with Gasteiger partial charge in [-0.1, -0.05) is 39.5 Å². The van der Waals surface area contributed by atoms with E-state index in [1.54, 1.807) is 0 Å². The fourth-order valence-electron chi connectivity index (χ4n) is 6.43. The zero-order valence-corrected chi connectivity index (χ0v) is 21.3. The first-order chi connectivity index (χ1) is 17.6. The van der Waals surface area contributed by atoms with E-state index in [1.807, 2.05) is 18.2 Å². The lowest BCUT2D eigenvalue weighted by atomic mass is 9.97. The van der Waals surface area contributed by atoms with Crippen LogP contribution in [0.2, 0.25) is 0 Å². The minimum absolute atomic E-state index is 0.0408. The van der Waals surface area contributed by atoms with Crippen LogP contribution in [-0.4, -0.2) is 49.3 Å². The molecule has 3 heterocycles. The molecule has 1 aliphatic heterocycles. The van der Waals surface area contributed by atoms with E-state index in [0.717, 1.165) is 53.7 Å². The van der Waals surface area contributed by atoms with Gasteiger partial charge in [0.05, 0.1) is 17.6 Å². The van der Waals surface area contributed by atoms with E-state index in [-0.39, 0.29) is 11.6 Å². The van der Waals surface area contributed by atoms with E-state index in [2.05, 4.69) is 43.9 Å². The largest absolute Gasteiger partial charge is 0.486 e. The smallest absolute Gasteiger partial charge is 0.252 e. The number of benzene rings is 1. The highest BCUT2D eigenvalue weighted by Crippen LogP contribution is 2.39. The van der Waals surface area contributed by atoms with Crippen LogP contribution in [0.4, 0.5) is 0 Å². The molecule has 2 fully saturated rings. The first kappa shape index (κ1) is 23.5. The molecule has 0 radical (unpaired) electrons. The van der Waals surface area contributed by atoms with Crippen molar-refractivity contribution in [2.45, 2.75) is 89.9 Å². The predicted molar refractivity (Wildman–Crippen MR) is 136 cm³/mol. The number of ether oxygens (including phenoxy) is 2. The van der Waals surface area contributed by atoms with Gasteiger partial charge in [-0.3, -0.25) is 9.69 Å². The Balaban J connectivity index is 1.39. The molecule has 0 saturated heterocycles. The summed E-state index contributed by atoms with van der Waals surface area (Å²) in [5, 5.41) is 14.1. The molecule has 1 atom stereocenters. The molecule has 36 heavy (non-hydrogen) atoms. The van der Waals surface area contributed by atoms with Crippen molar-refractivity contribution in [3.63, 3.8) is 0 Å². The normalized spacial score (nSPS) is 19.7. The van der Waals surface area contributed by atoms with Gasteiger partial charge in [-0.15, -0.1) is 5.10 Å². The maximum absolute atomic E-state index is 13.3. The average molecular weight is 493 g/mol. The fraction of sp³-hybridized carbons (Fsp3) is 0.630. The van der Waals surface area contributed by atoms with Crippen molar-refractivity contribution >= 4 is 10.9 Å². The second-order valence-corrected chi connectivity index (χ2v) is 10.9. The van der Waals surface area contributed by atoms with Gasteiger partial charge in [0.2, 0.25) is 0 Å². The molecule has 9 nitrogen and oxygen atoms in total. The van der Waals surface area contributed by atoms with Gasteiger partial charge in [0.1, 0.15) is 13.2 Å². The summed E-state index contributed by atoms with van der Waals surface area (Å²) in [6, 6.07) is 6.69. The number of hydrogen-bond donors (Lipinski definition) is 1. The van der Waals surface area contributed by atoms with Crippen molar-refractivity contribution in [2.24, 2.45) is 5.92 Å². The SMILES string of the molecule is CC(C)[C@H](c1nnnn1C1CCCC1)N(Cc1cc2cc3c(cc2[nH]c1=O)OCCO3)C1CCCC1. The highest BCUT2D eigenvalue weighted by molar-refractivity contribution is 5.83. The van der Waals surface area contributed by atoms with Crippen LogP contribution in [0.1, 0.15) is 88.7 Å². The summed E-state index contributed by atoms with van der Waals surface area (Å²) in [7, 11) is 0. The summed E-state index contributed by atoms with van der Waals surface area (Å²) in [6.07, 6.45) is 9.44. The third-order valence-corrected chi connectivity index (χ3v) is 8.17. The number of tetrazole rings is 1. The van der Waals surface area contributed by atoms with E-state index in [0.29, 0.717) is 43.5 Å². The Kier molecular flexibility index (Phi) is 6.41. The average Bonchev–Trinajstić information content (AvgIpc) is 3.65. The zero-order valence-electron chi connectivity index (χ0n) is 21.3. The Labute approximate surface area is 211 Å². The van der Waals surface area contributed by atoms with E-state index < -0.39 is 0 Å². The van der Waals surface area contributed by atoms with Gasteiger partial charge in [-0.2, -0.15) is 0 Å². The van der Waals surface area contributed by atoms with Crippen LogP contribution in [0.15, 0.2) is 23.0 Å². The minimum Gasteiger partial charge on any atom is -0.486 e. The molecular weight excluding hydrogens is 456 g/mol. The number of H-pyrrole nitrogens is 1. The molecule has 3 aliphatic rings. The van der Waals surface area contributed by atoms with E-state index in [1.165, 1.54) is 25.7 Å². The lowest BCUT2D eigenvalue weighted by Gasteiger charge is -2.38. The Hall–Kier alpha value is -2.94. The van der Waals surface area contributed by atoms with Gasteiger partial charge in [-0.05, 0) is 54.2 Å². The lowest BCUT2D eigenvalue weighted by Crippen LogP contribution is -2.41. The third kappa shape index (κ3) is 4.38. The molecule has 9 heteroatoms. The molecule has 0 spiro atoms. The molecule has 0 unspecified atom stereocenters. The molecule has 1 N–H and O–H groups in total. The molecule has 2 saturated carbocycles. The molecule has 0 amide bonds. The quantitative estimate of drug-likeness (QED) is 0.517. The van der Waals surface area contributed by atoms with Crippen molar-refractivity contribution < 1.29 is 9.47 Å². The summed E-state index contributed by atoms with van der Waals surface area (Å²) in [5.74, 6) is 2.66. The van der Waals surface area contributed by atoms with Gasteiger partial charge in [0, 0.05) is 29.6 Å². The Bertz CT molecular complexity index is 1270. The predicted octanol–water partition coefficient (Wildman–Crippen LogP) is 4.54. The summed E-state index contributed by atoms with van der Waals surface area (Å²) in [5.41, 5.74) is 1.47. The number of aromatic amines is 1. The van der Waals surface area contributed by atoms with Crippen molar-refractivity contribution in [1.82, 2.24) is 30.1 Å². The first-order valence-corrected chi connectivity index (χ1v) is 13.6. The number of aromatic nitrogens is 5. The van der Waals surface area contributed by atoms with Crippen LogP contribution in [0.3, 0.4) is 0 Å². The maximum atomic E-state index is 13.3. The molecular formula is C27H36N6O3. The second-order valence-electron chi connectivity index (χ2n) is 10.9. The molecule has 2 aliphatic carbocycles. The lowest BCUT2D eigenvalue weighted by molar-refractivity contribution is 0.0826.